The largest absolute Gasteiger partial charge is 0.433 e. The number of amides is 1. The summed E-state index contributed by atoms with van der Waals surface area (Å²) < 4.78 is 40.4. The van der Waals surface area contributed by atoms with Crippen LogP contribution < -0.4 is 4.90 Å². The lowest BCUT2D eigenvalue weighted by atomic mass is 10.1. The first-order chi connectivity index (χ1) is 15.6. The smallest absolute Gasteiger partial charge is 0.305 e. The van der Waals surface area contributed by atoms with Gasteiger partial charge in [0.2, 0.25) is 0 Å². The summed E-state index contributed by atoms with van der Waals surface area (Å²) in [7, 11) is 0. The highest BCUT2D eigenvalue weighted by Gasteiger charge is 2.33. The number of rotatable bonds is 2. The van der Waals surface area contributed by atoms with E-state index < -0.39 is 11.9 Å². The number of nitrogens with zero attached hydrogens (tertiary/aromatic N) is 6. The van der Waals surface area contributed by atoms with E-state index in [2.05, 4.69) is 20.1 Å². The van der Waals surface area contributed by atoms with Gasteiger partial charge in [-0.25, -0.2) is 15.0 Å². The Morgan fingerprint density at radius 2 is 1.76 bits per heavy atom. The summed E-state index contributed by atoms with van der Waals surface area (Å²) in [5, 5.41) is 4.43. The molecule has 0 N–H and O–H groups in total. The molecule has 168 valence electrons. The van der Waals surface area contributed by atoms with E-state index >= 15 is 0 Å². The van der Waals surface area contributed by atoms with Gasteiger partial charge in [-0.15, -0.1) is 0 Å². The fourth-order valence-corrected chi connectivity index (χ4v) is 4.07. The predicted molar refractivity (Wildman–Crippen MR) is 116 cm³/mol. The van der Waals surface area contributed by atoms with Crippen LogP contribution in [0.1, 0.15) is 33.0 Å². The minimum atomic E-state index is -4.53. The molecule has 4 aromatic rings. The van der Waals surface area contributed by atoms with E-state index in [0.717, 1.165) is 28.6 Å². The van der Waals surface area contributed by atoms with Crippen LogP contribution >= 0.6 is 0 Å². The molecule has 5 rings (SSSR count). The van der Waals surface area contributed by atoms with Crippen LogP contribution in [0.3, 0.4) is 0 Å². The van der Waals surface area contributed by atoms with Crippen molar-refractivity contribution in [3.8, 4) is 11.4 Å². The van der Waals surface area contributed by atoms with Gasteiger partial charge < -0.3 is 4.90 Å². The molecule has 0 fully saturated rings. The standard InChI is InChI=1S/C23H19F3N6O/c1-12-10-15(21-27-11-17-16(29-21)5-7-19(28-17)23(24,25)26)4-6-18(12)31-8-9-32-20(22(31)33)13(2)14(3)30-32/h4-7,10-11H,8-9H2,1-3H3. The van der Waals surface area contributed by atoms with Crippen molar-refractivity contribution < 1.29 is 18.0 Å². The van der Waals surface area contributed by atoms with Crippen molar-refractivity contribution >= 4 is 22.6 Å². The maximum atomic E-state index is 13.2. The van der Waals surface area contributed by atoms with Crippen LogP contribution in [0.15, 0.2) is 36.5 Å². The van der Waals surface area contributed by atoms with Crippen LogP contribution in [0.25, 0.3) is 22.4 Å². The molecule has 4 heterocycles. The monoisotopic (exact) mass is 452 g/mol. The lowest BCUT2D eigenvalue weighted by molar-refractivity contribution is -0.140. The van der Waals surface area contributed by atoms with Crippen molar-refractivity contribution in [1.29, 1.82) is 0 Å². The Morgan fingerprint density at radius 3 is 2.48 bits per heavy atom. The number of hydrogen-bond donors (Lipinski definition) is 0. The zero-order valence-corrected chi connectivity index (χ0v) is 18.1. The normalized spacial score (nSPS) is 14.1. The number of fused-ring (bicyclic) bond motifs is 2. The maximum Gasteiger partial charge on any atom is 0.433 e. The van der Waals surface area contributed by atoms with Crippen LogP contribution in [-0.4, -0.2) is 37.2 Å². The first kappa shape index (κ1) is 21.0. The molecule has 0 atom stereocenters. The molecule has 0 bridgehead atoms. The molecule has 0 aliphatic carbocycles. The number of aromatic nitrogens is 5. The molecular formula is C23H19F3N6O. The Morgan fingerprint density at radius 1 is 0.970 bits per heavy atom. The second kappa shape index (κ2) is 7.36. The van der Waals surface area contributed by atoms with E-state index in [1.54, 1.807) is 15.6 Å². The molecule has 3 aromatic heterocycles. The summed E-state index contributed by atoms with van der Waals surface area (Å²) in [5.74, 6) is 0.275. The van der Waals surface area contributed by atoms with Crippen LogP contribution in [0.5, 0.6) is 0 Å². The Balaban J connectivity index is 1.47. The second-order valence-corrected chi connectivity index (χ2v) is 8.03. The number of pyridine rings is 1. The molecule has 0 unspecified atom stereocenters. The molecule has 0 radical (unpaired) electrons. The fourth-order valence-electron chi connectivity index (χ4n) is 4.07. The number of alkyl halides is 3. The third-order valence-electron chi connectivity index (χ3n) is 5.88. The van der Waals surface area contributed by atoms with Crippen LogP contribution in [0, 0.1) is 20.8 Å². The Bertz CT molecular complexity index is 1430. The molecule has 33 heavy (non-hydrogen) atoms. The highest BCUT2D eigenvalue weighted by atomic mass is 19.4. The quantitative estimate of drug-likeness (QED) is 0.448. The number of aryl methyl sites for hydroxylation is 2. The van der Waals surface area contributed by atoms with E-state index in [0.29, 0.717) is 35.7 Å². The molecule has 10 heteroatoms. The Hall–Kier alpha value is -3.82. The average Bonchev–Trinajstić information content (AvgIpc) is 3.07. The van der Waals surface area contributed by atoms with E-state index in [1.165, 1.54) is 12.3 Å². The Kier molecular flexibility index (Phi) is 4.70. The lowest BCUT2D eigenvalue weighted by Crippen LogP contribution is -2.41. The highest BCUT2D eigenvalue weighted by molar-refractivity contribution is 6.07. The third-order valence-corrected chi connectivity index (χ3v) is 5.88. The molecule has 1 aliphatic heterocycles. The van der Waals surface area contributed by atoms with Gasteiger partial charge in [0.15, 0.2) is 5.82 Å². The number of carbonyl (C=O) groups is 1. The summed E-state index contributed by atoms with van der Waals surface area (Å²) in [6.07, 6.45) is -3.24. The lowest BCUT2D eigenvalue weighted by Gasteiger charge is -2.29. The van der Waals surface area contributed by atoms with Crippen molar-refractivity contribution in [2.45, 2.75) is 33.5 Å². The van der Waals surface area contributed by atoms with Crippen molar-refractivity contribution in [2.75, 3.05) is 11.4 Å². The van der Waals surface area contributed by atoms with Crippen molar-refractivity contribution in [2.24, 2.45) is 0 Å². The zero-order chi connectivity index (χ0) is 23.5. The molecule has 0 spiro atoms. The molecule has 1 aromatic carbocycles. The third kappa shape index (κ3) is 3.51. The summed E-state index contributed by atoms with van der Waals surface area (Å²) in [5.41, 5.74) is 4.07. The van der Waals surface area contributed by atoms with E-state index in [-0.39, 0.29) is 11.4 Å². The molecule has 1 aliphatic rings. The molecular weight excluding hydrogens is 433 g/mol. The number of hydrogen-bond acceptors (Lipinski definition) is 5. The van der Waals surface area contributed by atoms with Gasteiger partial charge in [-0.2, -0.15) is 18.3 Å². The predicted octanol–water partition coefficient (Wildman–Crippen LogP) is 4.49. The SMILES string of the molecule is Cc1cc(-c2ncc3nc(C(F)(F)F)ccc3n2)ccc1N1CCn2nc(C)c(C)c2C1=O. The topological polar surface area (TPSA) is 76.8 Å². The summed E-state index contributed by atoms with van der Waals surface area (Å²) in [6.45, 7) is 6.80. The van der Waals surface area contributed by atoms with Gasteiger partial charge in [-0.05, 0) is 56.7 Å². The molecule has 0 saturated carbocycles. The fraction of sp³-hybridized carbons (Fsp3) is 0.261. The molecule has 7 nitrogen and oxygen atoms in total. The second-order valence-electron chi connectivity index (χ2n) is 8.03. The Labute approximate surface area is 186 Å². The zero-order valence-electron chi connectivity index (χ0n) is 18.1. The number of halogens is 3. The van der Waals surface area contributed by atoms with Gasteiger partial charge >= 0.3 is 6.18 Å². The van der Waals surface area contributed by atoms with Crippen LogP contribution in [0.2, 0.25) is 0 Å². The van der Waals surface area contributed by atoms with E-state index in [4.69, 9.17) is 0 Å². The molecule has 1 amide bonds. The van der Waals surface area contributed by atoms with Crippen molar-refractivity contribution in [1.82, 2.24) is 24.7 Å². The number of benzene rings is 1. The van der Waals surface area contributed by atoms with Gasteiger partial charge in [-0.3, -0.25) is 9.48 Å². The van der Waals surface area contributed by atoms with E-state index in [9.17, 15) is 18.0 Å². The minimum Gasteiger partial charge on any atom is -0.305 e. The minimum absolute atomic E-state index is 0.0723. The summed E-state index contributed by atoms with van der Waals surface area (Å²) in [4.78, 5) is 27.1. The van der Waals surface area contributed by atoms with Crippen LogP contribution in [0.4, 0.5) is 18.9 Å². The first-order valence-electron chi connectivity index (χ1n) is 10.3. The number of anilines is 1. The van der Waals surface area contributed by atoms with Gasteiger partial charge in [0.25, 0.3) is 5.91 Å². The summed E-state index contributed by atoms with van der Waals surface area (Å²) in [6, 6.07) is 7.71. The highest BCUT2D eigenvalue weighted by Crippen LogP contribution is 2.31. The van der Waals surface area contributed by atoms with E-state index in [1.807, 2.05) is 32.9 Å². The van der Waals surface area contributed by atoms with Gasteiger partial charge in [-0.1, -0.05) is 0 Å². The summed E-state index contributed by atoms with van der Waals surface area (Å²) >= 11 is 0. The van der Waals surface area contributed by atoms with Crippen LogP contribution in [-0.2, 0) is 12.7 Å². The van der Waals surface area contributed by atoms with Gasteiger partial charge in [0.05, 0.1) is 24.0 Å². The maximum absolute atomic E-state index is 13.2. The van der Waals surface area contributed by atoms with Crippen molar-refractivity contribution in [3.63, 3.8) is 0 Å². The first-order valence-corrected chi connectivity index (χ1v) is 10.3. The van der Waals surface area contributed by atoms with Gasteiger partial charge in [0.1, 0.15) is 16.9 Å². The molecule has 0 saturated heterocycles. The average molecular weight is 452 g/mol. The number of carbonyl (C=O) groups excluding carboxylic acids is 1. The van der Waals surface area contributed by atoms with Gasteiger partial charge in [0, 0.05) is 23.4 Å². The van der Waals surface area contributed by atoms with Crippen molar-refractivity contribution in [3.05, 3.63) is 64.7 Å².